The van der Waals surface area contributed by atoms with E-state index in [4.69, 9.17) is 0 Å². The van der Waals surface area contributed by atoms with Crippen molar-refractivity contribution in [2.75, 3.05) is 0 Å². The molecule has 1 nitrogen and oxygen atoms in total. The van der Waals surface area contributed by atoms with Crippen molar-refractivity contribution in [2.45, 2.75) is 25.2 Å². The lowest BCUT2D eigenvalue weighted by atomic mass is 9.78. The Morgan fingerprint density at radius 1 is 1.07 bits per heavy atom. The average Bonchev–Trinajstić information content (AvgIpc) is 2.89. The number of aldehydes is 1. The van der Waals surface area contributed by atoms with Gasteiger partial charge in [0.05, 0.1) is 0 Å². The van der Waals surface area contributed by atoms with Crippen molar-refractivity contribution in [3.05, 3.63) is 35.9 Å². The molecule has 0 radical (unpaired) electrons. The summed E-state index contributed by atoms with van der Waals surface area (Å²) >= 11 is 0. The number of carbonyl (C=O) groups excluding carboxylic acids is 1. The Kier molecular flexibility index (Phi) is 2.12. The van der Waals surface area contributed by atoms with Crippen LogP contribution in [0.2, 0.25) is 0 Å². The third kappa shape index (κ3) is 1.41. The van der Waals surface area contributed by atoms with Crippen molar-refractivity contribution in [1.29, 1.82) is 0 Å². The van der Waals surface area contributed by atoms with Gasteiger partial charge in [0, 0.05) is 5.92 Å². The molecule has 0 aromatic heterocycles. The molecule has 2 aliphatic rings. The largest absolute Gasteiger partial charge is 0.303 e. The van der Waals surface area contributed by atoms with Crippen molar-refractivity contribution >= 4 is 6.29 Å². The van der Waals surface area contributed by atoms with Crippen LogP contribution in [0.1, 0.15) is 30.7 Å². The Labute approximate surface area is 90.5 Å². The Morgan fingerprint density at radius 2 is 1.87 bits per heavy atom. The summed E-state index contributed by atoms with van der Waals surface area (Å²) in [5, 5.41) is 0. The smallest absolute Gasteiger partial charge is 0.123 e. The third-order valence-corrected chi connectivity index (χ3v) is 4.27. The minimum Gasteiger partial charge on any atom is -0.303 e. The Balaban J connectivity index is 1.87. The molecule has 15 heavy (non-hydrogen) atoms. The van der Waals surface area contributed by atoms with Crippen molar-refractivity contribution in [1.82, 2.24) is 0 Å². The Bertz CT molecular complexity index is 357. The van der Waals surface area contributed by atoms with E-state index in [1.165, 1.54) is 24.7 Å². The molecule has 0 aliphatic heterocycles. The molecule has 4 atom stereocenters. The molecule has 1 aromatic rings. The van der Waals surface area contributed by atoms with Crippen LogP contribution in [0.4, 0.5) is 0 Å². The second-order valence-corrected chi connectivity index (χ2v) is 5.05. The lowest BCUT2D eigenvalue weighted by Gasteiger charge is -2.26. The zero-order valence-corrected chi connectivity index (χ0v) is 8.80. The van der Waals surface area contributed by atoms with E-state index in [0.29, 0.717) is 17.8 Å². The van der Waals surface area contributed by atoms with E-state index in [1.807, 2.05) is 0 Å². The second kappa shape index (κ2) is 3.48. The maximum atomic E-state index is 11.0. The summed E-state index contributed by atoms with van der Waals surface area (Å²) in [6, 6.07) is 10.7. The van der Waals surface area contributed by atoms with Crippen LogP contribution in [0.3, 0.4) is 0 Å². The molecule has 1 aromatic carbocycles. The maximum absolute atomic E-state index is 11.0. The molecule has 0 spiro atoms. The number of hydrogen-bond donors (Lipinski definition) is 0. The molecule has 2 fully saturated rings. The summed E-state index contributed by atoms with van der Waals surface area (Å²) in [6.45, 7) is 0. The maximum Gasteiger partial charge on any atom is 0.123 e. The van der Waals surface area contributed by atoms with Gasteiger partial charge in [-0.05, 0) is 42.6 Å². The first kappa shape index (κ1) is 9.14. The molecule has 0 N–H and O–H groups in total. The molecule has 0 heterocycles. The highest BCUT2D eigenvalue weighted by Gasteiger charge is 2.46. The second-order valence-electron chi connectivity index (χ2n) is 5.05. The predicted octanol–water partition coefficient (Wildman–Crippen LogP) is 3.02. The highest BCUT2D eigenvalue weighted by Crippen LogP contribution is 2.55. The molecule has 0 saturated heterocycles. The van der Waals surface area contributed by atoms with E-state index >= 15 is 0 Å². The minimum absolute atomic E-state index is 0.342. The molecule has 0 amide bonds. The molecule has 2 saturated carbocycles. The highest BCUT2D eigenvalue weighted by molar-refractivity contribution is 5.56. The van der Waals surface area contributed by atoms with E-state index in [1.54, 1.807) is 0 Å². The van der Waals surface area contributed by atoms with Crippen molar-refractivity contribution in [3.8, 4) is 0 Å². The Hall–Kier alpha value is -1.11. The van der Waals surface area contributed by atoms with Gasteiger partial charge in [-0.3, -0.25) is 0 Å². The summed E-state index contributed by atoms with van der Waals surface area (Å²) in [5.41, 5.74) is 1.44. The summed E-state index contributed by atoms with van der Waals surface area (Å²) in [7, 11) is 0. The van der Waals surface area contributed by atoms with Gasteiger partial charge in [-0.1, -0.05) is 30.3 Å². The van der Waals surface area contributed by atoms with Crippen LogP contribution >= 0.6 is 0 Å². The van der Waals surface area contributed by atoms with Gasteiger partial charge < -0.3 is 4.79 Å². The van der Waals surface area contributed by atoms with Crippen LogP contribution in [0, 0.1) is 17.8 Å². The number of hydrogen-bond acceptors (Lipinski definition) is 1. The van der Waals surface area contributed by atoms with Crippen LogP contribution in [0.15, 0.2) is 30.3 Å². The fourth-order valence-electron chi connectivity index (χ4n) is 3.64. The van der Waals surface area contributed by atoms with Crippen LogP contribution in [0.5, 0.6) is 0 Å². The number of carbonyl (C=O) groups is 1. The van der Waals surface area contributed by atoms with Crippen LogP contribution in [0.25, 0.3) is 0 Å². The molecular formula is C14H16O. The predicted molar refractivity (Wildman–Crippen MR) is 59.6 cm³/mol. The molecule has 2 bridgehead atoms. The van der Waals surface area contributed by atoms with Gasteiger partial charge in [-0.2, -0.15) is 0 Å². The highest BCUT2D eigenvalue weighted by atomic mass is 16.1. The lowest BCUT2D eigenvalue weighted by molar-refractivity contribution is -0.112. The quantitative estimate of drug-likeness (QED) is 0.671. The van der Waals surface area contributed by atoms with Gasteiger partial charge in [0.15, 0.2) is 0 Å². The van der Waals surface area contributed by atoms with Gasteiger partial charge in [0.2, 0.25) is 0 Å². The van der Waals surface area contributed by atoms with E-state index < -0.39 is 0 Å². The van der Waals surface area contributed by atoms with Gasteiger partial charge in [-0.25, -0.2) is 0 Å². The third-order valence-electron chi connectivity index (χ3n) is 4.27. The lowest BCUT2D eigenvalue weighted by Crippen LogP contribution is -2.19. The van der Waals surface area contributed by atoms with Gasteiger partial charge in [0.25, 0.3) is 0 Å². The van der Waals surface area contributed by atoms with E-state index in [-0.39, 0.29) is 0 Å². The summed E-state index contributed by atoms with van der Waals surface area (Å²) in [6.07, 6.45) is 4.93. The monoisotopic (exact) mass is 200 g/mol. The zero-order chi connectivity index (χ0) is 10.3. The van der Waals surface area contributed by atoms with E-state index in [2.05, 4.69) is 30.3 Å². The first-order valence-electron chi connectivity index (χ1n) is 5.88. The van der Waals surface area contributed by atoms with E-state index in [9.17, 15) is 4.79 Å². The first-order valence-corrected chi connectivity index (χ1v) is 5.88. The molecule has 1 heteroatoms. The fourth-order valence-corrected chi connectivity index (χ4v) is 3.64. The topological polar surface area (TPSA) is 17.1 Å². The fraction of sp³-hybridized carbons (Fsp3) is 0.500. The van der Waals surface area contributed by atoms with Crippen LogP contribution in [-0.2, 0) is 4.79 Å². The normalized spacial score (nSPS) is 38.1. The van der Waals surface area contributed by atoms with Crippen molar-refractivity contribution < 1.29 is 4.79 Å². The van der Waals surface area contributed by atoms with E-state index in [0.717, 1.165) is 12.3 Å². The van der Waals surface area contributed by atoms with Crippen molar-refractivity contribution in [2.24, 2.45) is 17.8 Å². The average molecular weight is 200 g/mol. The van der Waals surface area contributed by atoms with Crippen LogP contribution in [-0.4, -0.2) is 6.29 Å². The summed E-state index contributed by atoms with van der Waals surface area (Å²) in [5.74, 6) is 2.44. The van der Waals surface area contributed by atoms with Crippen molar-refractivity contribution in [3.63, 3.8) is 0 Å². The summed E-state index contributed by atoms with van der Waals surface area (Å²) < 4.78 is 0. The standard InChI is InChI=1S/C14H16O/c15-9-12-6-10-7-13(14(12)8-10)11-4-2-1-3-5-11/h1-5,9-10,12-14H,6-8H2. The van der Waals surface area contributed by atoms with Gasteiger partial charge in [0.1, 0.15) is 6.29 Å². The Morgan fingerprint density at radius 3 is 2.53 bits per heavy atom. The SMILES string of the molecule is O=CC1CC2CC(c3ccccc3)C1C2. The molecule has 4 unspecified atom stereocenters. The zero-order valence-electron chi connectivity index (χ0n) is 8.80. The van der Waals surface area contributed by atoms with Gasteiger partial charge in [-0.15, -0.1) is 0 Å². The molecular weight excluding hydrogens is 184 g/mol. The number of rotatable bonds is 2. The van der Waals surface area contributed by atoms with Crippen LogP contribution < -0.4 is 0 Å². The first-order chi connectivity index (χ1) is 7.38. The molecule has 78 valence electrons. The van der Waals surface area contributed by atoms with Gasteiger partial charge >= 0.3 is 0 Å². The molecule has 3 rings (SSSR count). The molecule has 2 aliphatic carbocycles. The summed E-state index contributed by atoms with van der Waals surface area (Å²) in [4.78, 5) is 11.0. The number of fused-ring (bicyclic) bond motifs is 2. The number of benzene rings is 1. The minimum atomic E-state index is 0.342.